The van der Waals surface area contributed by atoms with Crippen molar-refractivity contribution in [2.24, 2.45) is 5.92 Å². The van der Waals surface area contributed by atoms with Gasteiger partial charge in [-0.25, -0.2) is 0 Å². The van der Waals surface area contributed by atoms with E-state index in [1.165, 1.54) is 50.1 Å². The molecule has 0 radical (unpaired) electrons. The molecule has 13 rings (SSSR count). The summed E-state index contributed by atoms with van der Waals surface area (Å²) in [6.07, 6.45) is 12.4. The highest BCUT2D eigenvalue weighted by Gasteiger charge is 2.39. The predicted molar refractivity (Wildman–Crippen MR) is 355 cm³/mol. The van der Waals surface area contributed by atoms with E-state index in [-0.39, 0.29) is 10.8 Å². The summed E-state index contributed by atoms with van der Waals surface area (Å²) in [5, 5.41) is 3.63. The highest BCUT2D eigenvalue weighted by atomic mass is 15.2. The molecule has 10 aromatic carbocycles. The van der Waals surface area contributed by atoms with Crippen LogP contribution in [0.25, 0.3) is 33.9 Å². The van der Waals surface area contributed by atoms with E-state index in [0.29, 0.717) is 5.92 Å². The molecule has 0 heterocycles. The van der Waals surface area contributed by atoms with Crippen molar-refractivity contribution in [1.29, 1.82) is 0 Å². The Kier molecular flexibility index (Phi) is 15.0. The molecule has 0 spiro atoms. The Hall–Kier alpha value is -9.64. The Morgan fingerprint density at radius 2 is 0.880 bits per heavy atom. The summed E-state index contributed by atoms with van der Waals surface area (Å²) in [5.41, 5.74) is 25.2. The Morgan fingerprint density at radius 1 is 0.434 bits per heavy atom. The predicted octanol–water partition coefficient (Wildman–Crippen LogP) is 22.1. The first kappa shape index (κ1) is 54.0. The van der Waals surface area contributed by atoms with Crippen LogP contribution in [-0.2, 0) is 10.8 Å². The highest BCUT2D eigenvalue weighted by Crippen LogP contribution is 2.53. The zero-order chi connectivity index (χ0) is 57.1. The van der Waals surface area contributed by atoms with Crippen molar-refractivity contribution in [2.45, 2.75) is 65.7 Å². The van der Waals surface area contributed by atoms with Gasteiger partial charge in [0.2, 0.25) is 0 Å². The van der Waals surface area contributed by atoms with E-state index in [1.54, 1.807) is 0 Å². The quantitative estimate of drug-likeness (QED) is 0.110. The van der Waals surface area contributed by atoms with Crippen LogP contribution < -0.4 is 20.0 Å². The lowest BCUT2D eigenvalue weighted by molar-refractivity contribution is 0.643. The summed E-state index contributed by atoms with van der Waals surface area (Å²) in [4.78, 5) is 7.04. The van der Waals surface area contributed by atoms with Gasteiger partial charge in [-0.05, 0) is 195 Å². The SMILES string of the molecule is CC.CC1CC=CC2=C1c1cc(/C=C\C(=C/Nc3ccccc3)N(c3ccccc3)c3ccc(-c4ccc(N(c5ccccc5)c5ccc(N(c6ccccc6)c6ccc7c(c6)-c6ccccc6C7(C)C)cc5)cc4)cc3)ccc1C2(C)C. The van der Waals surface area contributed by atoms with Crippen molar-refractivity contribution < 1.29 is 0 Å². The molecular formula is C79H72N4. The fraction of sp³-hybridized carbons (Fsp3) is 0.139. The molecule has 1 atom stereocenters. The number of rotatable bonds is 14. The first-order chi connectivity index (χ1) is 40.6. The van der Waals surface area contributed by atoms with Crippen LogP contribution in [0.15, 0.2) is 290 Å². The number of nitrogens with zero attached hydrogens (tertiary/aromatic N) is 3. The standard InChI is InChI=1S/C77H66N4.C2H6/c1-54-21-20-32-74-75(54)70-51-55(34-49-73(70)77(74,4)5)33-39-67(53-78-58-22-10-6-11-23-58)81(61-28-16-9-17-29-61)63-42-37-57(38-43-63)56-35-40-62(41-36-56)79(59-24-12-7-13-25-59)64-44-46-65(47-45-64)80(60-26-14-8-15-27-60)66-48-50-72-69(52-66)68-30-18-19-31-71(68)76(72,2)3;1-2/h6-20,22-54,78H,21H2,1-5H3;1-2H3/b39-33-,67-53+;. The summed E-state index contributed by atoms with van der Waals surface area (Å²) in [7, 11) is 0. The normalized spacial score (nSPS) is 15.1. The third-order valence-corrected chi connectivity index (χ3v) is 16.9. The number of nitrogens with one attached hydrogen (secondary N) is 1. The van der Waals surface area contributed by atoms with Crippen LogP contribution in [-0.4, -0.2) is 0 Å². The van der Waals surface area contributed by atoms with Gasteiger partial charge in [0.25, 0.3) is 0 Å². The molecule has 0 bridgehead atoms. The molecule has 408 valence electrons. The van der Waals surface area contributed by atoms with Crippen molar-refractivity contribution in [1.82, 2.24) is 0 Å². The van der Waals surface area contributed by atoms with E-state index in [2.05, 4.69) is 334 Å². The summed E-state index contributed by atoms with van der Waals surface area (Å²) < 4.78 is 0. The Labute approximate surface area is 492 Å². The van der Waals surface area contributed by atoms with Crippen molar-refractivity contribution in [3.63, 3.8) is 0 Å². The van der Waals surface area contributed by atoms with Crippen molar-refractivity contribution in [3.8, 4) is 22.3 Å². The molecular weight excluding hydrogens is 1000 g/mol. The van der Waals surface area contributed by atoms with Gasteiger partial charge in [-0.15, -0.1) is 0 Å². The maximum absolute atomic E-state index is 3.63. The summed E-state index contributed by atoms with van der Waals surface area (Å²) >= 11 is 0. The molecule has 83 heavy (non-hydrogen) atoms. The highest BCUT2D eigenvalue weighted by molar-refractivity contribution is 5.89. The fourth-order valence-corrected chi connectivity index (χ4v) is 12.7. The van der Waals surface area contributed by atoms with E-state index in [9.17, 15) is 0 Å². The molecule has 3 aliphatic carbocycles. The van der Waals surface area contributed by atoms with Gasteiger partial charge in [-0.3, -0.25) is 0 Å². The lowest BCUT2D eigenvalue weighted by atomic mass is 9.79. The van der Waals surface area contributed by atoms with E-state index < -0.39 is 0 Å². The second-order valence-electron chi connectivity index (χ2n) is 22.7. The van der Waals surface area contributed by atoms with Gasteiger partial charge in [0, 0.05) is 68.2 Å². The zero-order valence-corrected chi connectivity index (χ0v) is 48.8. The lowest BCUT2D eigenvalue weighted by Crippen LogP contribution is -2.17. The van der Waals surface area contributed by atoms with Crippen LogP contribution in [0.5, 0.6) is 0 Å². The lowest BCUT2D eigenvalue weighted by Gasteiger charge is -2.29. The monoisotopic (exact) mass is 1080 g/mol. The number of anilines is 9. The van der Waals surface area contributed by atoms with Gasteiger partial charge in [0.05, 0.1) is 5.70 Å². The fourth-order valence-electron chi connectivity index (χ4n) is 12.7. The summed E-state index contributed by atoms with van der Waals surface area (Å²) in [6, 6.07) is 92.2. The van der Waals surface area contributed by atoms with Gasteiger partial charge in [-0.1, -0.05) is 206 Å². The molecule has 1 unspecified atom stereocenters. The molecule has 4 nitrogen and oxygen atoms in total. The third kappa shape index (κ3) is 10.4. The van der Waals surface area contributed by atoms with Crippen LogP contribution in [0.2, 0.25) is 0 Å². The Balaban J connectivity index is 0.00000336. The van der Waals surface area contributed by atoms with Gasteiger partial charge in [-0.2, -0.15) is 0 Å². The topological polar surface area (TPSA) is 21.8 Å². The Bertz CT molecular complexity index is 4020. The molecule has 10 aromatic rings. The summed E-state index contributed by atoms with van der Waals surface area (Å²) in [5.74, 6) is 0.491. The summed E-state index contributed by atoms with van der Waals surface area (Å²) in [6.45, 7) is 15.8. The van der Waals surface area contributed by atoms with Crippen LogP contribution in [0.4, 0.5) is 51.2 Å². The molecule has 1 N–H and O–H groups in total. The van der Waals surface area contributed by atoms with Crippen LogP contribution in [0.1, 0.15) is 82.7 Å². The second-order valence-corrected chi connectivity index (χ2v) is 22.7. The minimum absolute atomic E-state index is 0.0133. The smallest absolute Gasteiger partial charge is 0.0621 e. The molecule has 0 amide bonds. The number of hydrogen-bond donors (Lipinski definition) is 1. The van der Waals surface area contributed by atoms with Gasteiger partial charge in [0.1, 0.15) is 0 Å². The average Bonchev–Trinajstić information content (AvgIpc) is 2.13. The first-order valence-electron chi connectivity index (χ1n) is 29.5. The number of fused-ring (bicyclic) bond motifs is 5. The minimum atomic E-state index is -0.0586. The van der Waals surface area contributed by atoms with Crippen molar-refractivity contribution >= 4 is 62.8 Å². The number of para-hydroxylation sites is 4. The largest absolute Gasteiger partial charge is 0.360 e. The van der Waals surface area contributed by atoms with E-state index in [1.807, 2.05) is 19.9 Å². The van der Waals surface area contributed by atoms with E-state index in [0.717, 1.165) is 74.4 Å². The average molecular weight is 1080 g/mol. The van der Waals surface area contributed by atoms with Gasteiger partial charge < -0.3 is 20.0 Å². The first-order valence-corrected chi connectivity index (χ1v) is 29.5. The van der Waals surface area contributed by atoms with Crippen LogP contribution >= 0.6 is 0 Å². The number of hydrogen-bond acceptors (Lipinski definition) is 4. The van der Waals surface area contributed by atoms with Crippen LogP contribution in [0, 0.1) is 5.92 Å². The van der Waals surface area contributed by atoms with Gasteiger partial charge in [0.15, 0.2) is 0 Å². The number of benzene rings is 10. The van der Waals surface area contributed by atoms with Crippen molar-refractivity contribution in [2.75, 3.05) is 20.0 Å². The zero-order valence-electron chi connectivity index (χ0n) is 48.8. The van der Waals surface area contributed by atoms with E-state index >= 15 is 0 Å². The van der Waals surface area contributed by atoms with Gasteiger partial charge >= 0.3 is 0 Å². The molecule has 0 saturated carbocycles. The molecule has 0 saturated heterocycles. The third-order valence-electron chi connectivity index (χ3n) is 16.9. The molecule has 3 aliphatic rings. The maximum Gasteiger partial charge on any atom is 0.0621 e. The molecule has 0 fully saturated rings. The van der Waals surface area contributed by atoms with Crippen LogP contribution in [0.3, 0.4) is 0 Å². The molecule has 0 aliphatic heterocycles. The molecule has 4 heteroatoms. The number of allylic oxidation sites excluding steroid dienone is 5. The second kappa shape index (κ2) is 23.1. The molecule has 0 aromatic heterocycles. The minimum Gasteiger partial charge on any atom is -0.360 e. The maximum atomic E-state index is 3.63. The Morgan fingerprint density at radius 3 is 1.48 bits per heavy atom. The van der Waals surface area contributed by atoms with Crippen molar-refractivity contribution in [3.05, 3.63) is 318 Å². The van der Waals surface area contributed by atoms with E-state index in [4.69, 9.17) is 0 Å².